The number of hydrogen-bond donors (Lipinski definition) is 2. The molecule has 0 aromatic heterocycles. The molecule has 1 rings (SSSR count). The summed E-state index contributed by atoms with van der Waals surface area (Å²) in [4.78, 5) is 0. The van der Waals surface area contributed by atoms with Crippen LogP contribution in [0.15, 0.2) is 24.3 Å². The Morgan fingerprint density at radius 1 is 1.25 bits per heavy atom. The third-order valence-electron chi connectivity index (χ3n) is 3.20. The van der Waals surface area contributed by atoms with Crippen LogP contribution in [0.2, 0.25) is 0 Å². The fraction of sp³-hybridized carbons (Fsp3) is 0.571. The first-order valence-electron chi connectivity index (χ1n) is 6.74. The Morgan fingerprint density at radius 3 is 2.45 bits per heavy atom. The quantitative estimate of drug-likeness (QED) is 0.718. The molecule has 0 radical (unpaired) electrons. The molecule has 0 saturated carbocycles. The van der Waals surface area contributed by atoms with E-state index in [4.69, 9.17) is 4.74 Å². The average Bonchev–Trinajstić information content (AvgIpc) is 2.45. The predicted molar refractivity (Wildman–Crippen MR) is 81.6 cm³/mol. The summed E-state index contributed by atoms with van der Waals surface area (Å²) in [7, 11) is -0.0304. The van der Waals surface area contributed by atoms with Crippen LogP contribution in [0, 0.1) is 0 Å². The van der Waals surface area contributed by atoms with Gasteiger partial charge in [0, 0.05) is 12.6 Å². The normalized spacial score (nSPS) is 13.2. The summed E-state index contributed by atoms with van der Waals surface area (Å²) in [5.41, 5.74) is 1.25. The fourth-order valence-electron chi connectivity index (χ4n) is 1.82. The molecule has 1 aromatic rings. The number of hydrogen-bond acceptors (Lipinski definition) is 4. The van der Waals surface area contributed by atoms with Crippen LogP contribution >= 0.6 is 0 Å². The van der Waals surface area contributed by atoms with Crippen molar-refractivity contribution in [3.63, 3.8) is 0 Å². The summed E-state index contributed by atoms with van der Waals surface area (Å²) in [5.74, 6) is 0.966. The van der Waals surface area contributed by atoms with Gasteiger partial charge < -0.3 is 10.1 Å². The Morgan fingerprint density at radius 2 is 1.90 bits per heavy atom. The largest absolute Gasteiger partial charge is 0.497 e. The molecule has 0 saturated heterocycles. The lowest BCUT2D eigenvalue weighted by atomic mass is 10.1. The lowest BCUT2D eigenvalue weighted by Crippen LogP contribution is -2.34. The van der Waals surface area contributed by atoms with E-state index >= 15 is 0 Å². The molecule has 0 fully saturated rings. The molecule has 1 atom stereocenters. The fourth-order valence-corrected chi connectivity index (χ4v) is 2.41. The molecule has 1 unspecified atom stereocenters. The molecule has 2 N–H and O–H groups in total. The zero-order chi connectivity index (χ0) is 15.0. The number of benzene rings is 1. The molecule has 0 spiro atoms. The maximum atomic E-state index is 11.3. The van der Waals surface area contributed by atoms with E-state index in [9.17, 15) is 8.42 Å². The Bertz CT molecular complexity index is 486. The van der Waals surface area contributed by atoms with Crippen LogP contribution in [-0.4, -0.2) is 40.9 Å². The summed E-state index contributed by atoms with van der Waals surface area (Å²) in [6.07, 6.45) is 1.92. The topological polar surface area (TPSA) is 67.4 Å². The first-order valence-corrected chi connectivity index (χ1v) is 8.39. The van der Waals surface area contributed by atoms with Crippen LogP contribution in [-0.2, 0) is 16.4 Å². The van der Waals surface area contributed by atoms with Gasteiger partial charge in [-0.25, -0.2) is 13.1 Å². The van der Waals surface area contributed by atoms with Crippen molar-refractivity contribution in [2.24, 2.45) is 0 Å². The van der Waals surface area contributed by atoms with Crippen molar-refractivity contribution < 1.29 is 13.2 Å². The van der Waals surface area contributed by atoms with Gasteiger partial charge in [0.1, 0.15) is 5.75 Å². The van der Waals surface area contributed by atoms with Crippen molar-refractivity contribution >= 4 is 10.0 Å². The lowest BCUT2D eigenvalue weighted by molar-refractivity contribution is 0.414. The van der Waals surface area contributed by atoms with E-state index in [-0.39, 0.29) is 11.8 Å². The standard InChI is InChI=1S/C14H24N2O3S/c1-12(16-10-11-20(17,18)15-2)4-5-13-6-8-14(19-3)9-7-13/h6-9,12,15-16H,4-5,10-11H2,1-3H3. The number of aryl methyl sites for hydroxylation is 1. The van der Waals surface area contributed by atoms with Crippen molar-refractivity contribution in [1.29, 1.82) is 0 Å². The van der Waals surface area contributed by atoms with E-state index in [1.54, 1.807) is 7.11 Å². The molecule has 20 heavy (non-hydrogen) atoms. The zero-order valence-corrected chi connectivity index (χ0v) is 13.2. The number of sulfonamides is 1. The van der Waals surface area contributed by atoms with Gasteiger partial charge in [0.2, 0.25) is 10.0 Å². The summed E-state index contributed by atoms with van der Waals surface area (Å²) in [5, 5.41) is 3.22. The Labute approximate surface area is 121 Å². The maximum Gasteiger partial charge on any atom is 0.212 e. The minimum atomic E-state index is -3.12. The van der Waals surface area contributed by atoms with Gasteiger partial charge in [0.05, 0.1) is 12.9 Å². The summed E-state index contributed by atoms with van der Waals surface area (Å²) in [6.45, 7) is 2.53. The van der Waals surface area contributed by atoms with Crippen LogP contribution in [0.4, 0.5) is 0 Å². The van der Waals surface area contributed by atoms with Crippen molar-refractivity contribution in [2.75, 3.05) is 26.5 Å². The van der Waals surface area contributed by atoms with Crippen LogP contribution in [0.5, 0.6) is 5.75 Å². The Kier molecular flexibility index (Phi) is 6.98. The van der Waals surface area contributed by atoms with Crippen molar-refractivity contribution in [3.8, 4) is 5.75 Å². The third-order valence-corrected chi connectivity index (χ3v) is 4.56. The molecule has 0 bridgehead atoms. The minimum absolute atomic E-state index is 0.108. The predicted octanol–water partition coefficient (Wildman–Crippen LogP) is 1.16. The highest BCUT2D eigenvalue weighted by molar-refractivity contribution is 7.89. The van der Waals surface area contributed by atoms with E-state index in [1.807, 2.05) is 12.1 Å². The first-order chi connectivity index (χ1) is 9.46. The highest BCUT2D eigenvalue weighted by atomic mass is 32.2. The van der Waals surface area contributed by atoms with E-state index < -0.39 is 10.0 Å². The van der Waals surface area contributed by atoms with Gasteiger partial charge in [-0.1, -0.05) is 12.1 Å². The molecular weight excluding hydrogens is 276 g/mol. The van der Waals surface area contributed by atoms with Crippen molar-refractivity contribution in [1.82, 2.24) is 10.0 Å². The van der Waals surface area contributed by atoms with Gasteiger partial charge in [-0.2, -0.15) is 0 Å². The van der Waals surface area contributed by atoms with E-state index in [1.165, 1.54) is 12.6 Å². The lowest BCUT2D eigenvalue weighted by Gasteiger charge is -2.13. The molecule has 0 aliphatic carbocycles. The summed E-state index contributed by atoms with van der Waals surface area (Å²) < 4.78 is 29.9. The van der Waals surface area contributed by atoms with Gasteiger partial charge in [0.15, 0.2) is 0 Å². The van der Waals surface area contributed by atoms with Gasteiger partial charge >= 0.3 is 0 Å². The maximum absolute atomic E-state index is 11.3. The molecule has 1 aromatic carbocycles. The van der Waals surface area contributed by atoms with E-state index in [2.05, 4.69) is 29.1 Å². The SMILES string of the molecule is CNS(=O)(=O)CCNC(C)CCc1ccc(OC)cc1. The number of rotatable bonds is 9. The van der Waals surface area contributed by atoms with Crippen LogP contribution in [0.3, 0.4) is 0 Å². The molecule has 5 nitrogen and oxygen atoms in total. The molecule has 0 aliphatic heterocycles. The Hall–Kier alpha value is -1.11. The highest BCUT2D eigenvalue weighted by Crippen LogP contribution is 2.13. The van der Waals surface area contributed by atoms with Crippen LogP contribution in [0.1, 0.15) is 18.9 Å². The number of methoxy groups -OCH3 is 1. The monoisotopic (exact) mass is 300 g/mol. The van der Waals surface area contributed by atoms with E-state index in [0.29, 0.717) is 6.54 Å². The molecule has 0 heterocycles. The number of ether oxygens (including phenoxy) is 1. The average molecular weight is 300 g/mol. The van der Waals surface area contributed by atoms with Crippen molar-refractivity contribution in [3.05, 3.63) is 29.8 Å². The first kappa shape index (κ1) is 16.9. The van der Waals surface area contributed by atoms with Gasteiger partial charge in [-0.05, 0) is 44.5 Å². The molecule has 6 heteroatoms. The number of nitrogens with one attached hydrogen (secondary N) is 2. The van der Waals surface area contributed by atoms with Crippen molar-refractivity contribution in [2.45, 2.75) is 25.8 Å². The molecular formula is C14H24N2O3S. The molecule has 114 valence electrons. The van der Waals surface area contributed by atoms with E-state index in [0.717, 1.165) is 18.6 Å². The minimum Gasteiger partial charge on any atom is -0.497 e. The van der Waals surface area contributed by atoms with Gasteiger partial charge in [-0.3, -0.25) is 0 Å². The second-order valence-corrected chi connectivity index (χ2v) is 6.81. The Balaban J connectivity index is 2.27. The molecule has 0 amide bonds. The summed E-state index contributed by atoms with van der Waals surface area (Å²) >= 11 is 0. The van der Waals surface area contributed by atoms with Gasteiger partial charge in [0.25, 0.3) is 0 Å². The van der Waals surface area contributed by atoms with Gasteiger partial charge in [-0.15, -0.1) is 0 Å². The van der Waals surface area contributed by atoms with Crippen LogP contribution < -0.4 is 14.8 Å². The second-order valence-electron chi connectivity index (χ2n) is 4.76. The summed E-state index contributed by atoms with van der Waals surface area (Å²) in [6, 6.07) is 8.29. The second kappa shape index (κ2) is 8.24. The van der Waals surface area contributed by atoms with Crippen LogP contribution in [0.25, 0.3) is 0 Å². The highest BCUT2D eigenvalue weighted by Gasteiger charge is 2.08. The third kappa shape index (κ3) is 6.36. The smallest absolute Gasteiger partial charge is 0.212 e. The zero-order valence-electron chi connectivity index (χ0n) is 12.3. The molecule has 0 aliphatic rings.